The van der Waals surface area contributed by atoms with Crippen molar-refractivity contribution in [2.45, 2.75) is 25.7 Å². The fraction of sp³-hybridized carbons (Fsp3) is 0.190. The number of aryl methyl sites for hydroxylation is 1. The monoisotopic (exact) mass is 451 g/mol. The summed E-state index contributed by atoms with van der Waals surface area (Å²) in [6, 6.07) is 14.2. The average molecular weight is 452 g/mol. The van der Waals surface area contributed by atoms with Gasteiger partial charge in [0.05, 0.1) is 11.4 Å². The number of halogens is 4. The highest BCUT2D eigenvalue weighted by molar-refractivity contribution is 6.30. The van der Waals surface area contributed by atoms with Gasteiger partial charge in [-0.1, -0.05) is 35.9 Å². The Balaban J connectivity index is 2.12. The summed E-state index contributed by atoms with van der Waals surface area (Å²) in [5.41, 5.74) is 0.430. The number of nitrogens with zero attached hydrogens (tertiary/aromatic N) is 2. The van der Waals surface area contributed by atoms with Crippen molar-refractivity contribution >= 4 is 17.5 Å². The SMILES string of the molecule is Cc1cccc(-n2nc(-c3ccc(Cl)cc3)cc(C(=O)NC(F)[C@@H](O)C(F)F)c2=O)c1. The van der Waals surface area contributed by atoms with Crippen molar-refractivity contribution in [3.05, 3.63) is 81.1 Å². The maximum absolute atomic E-state index is 13.9. The van der Waals surface area contributed by atoms with E-state index in [4.69, 9.17) is 16.7 Å². The molecule has 31 heavy (non-hydrogen) atoms. The number of amides is 1. The van der Waals surface area contributed by atoms with Crippen molar-refractivity contribution < 1.29 is 23.1 Å². The zero-order valence-electron chi connectivity index (χ0n) is 16.1. The number of hydrogen-bond donors (Lipinski definition) is 2. The second-order valence-corrected chi connectivity index (χ2v) is 7.14. The summed E-state index contributed by atoms with van der Waals surface area (Å²) in [4.78, 5) is 25.5. The summed E-state index contributed by atoms with van der Waals surface area (Å²) in [7, 11) is 0. The lowest BCUT2D eigenvalue weighted by atomic mass is 10.1. The Morgan fingerprint density at radius 3 is 2.42 bits per heavy atom. The normalized spacial score (nSPS) is 13.1. The van der Waals surface area contributed by atoms with Crippen molar-refractivity contribution in [2.75, 3.05) is 0 Å². The van der Waals surface area contributed by atoms with Crippen LogP contribution < -0.4 is 10.9 Å². The predicted octanol–water partition coefficient (Wildman–Crippen LogP) is 3.51. The smallest absolute Gasteiger partial charge is 0.284 e. The van der Waals surface area contributed by atoms with Crippen molar-refractivity contribution in [3.63, 3.8) is 0 Å². The predicted molar refractivity (Wildman–Crippen MR) is 109 cm³/mol. The zero-order chi connectivity index (χ0) is 22.7. The van der Waals surface area contributed by atoms with Crippen LogP contribution in [-0.2, 0) is 0 Å². The first-order valence-corrected chi connectivity index (χ1v) is 9.43. The summed E-state index contributed by atoms with van der Waals surface area (Å²) < 4.78 is 39.9. The fourth-order valence-electron chi connectivity index (χ4n) is 2.77. The van der Waals surface area contributed by atoms with Gasteiger partial charge in [0.15, 0.2) is 6.10 Å². The number of hydrogen-bond acceptors (Lipinski definition) is 4. The Hall–Kier alpha value is -3.17. The molecule has 1 unspecified atom stereocenters. The van der Waals surface area contributed by atoms with Crippen LogP contribution in [0.5, 0.6) is 0 Å². The highest BCUT2D eigenvalue weighted by Crippen LogP contribution is 2.21. The average Bonchev–Trinajstić information content (AvgIpc) is 2.73. The minimum absolute atomic E-state index is 0.188. The molecule has 3 rings (SSSR count). The van der Waals surface area contributed by atoms with Gasteiger partial charge in [0.2, 0.25) is 6.30 Å². The molecule has 162 valence electrons. The Kier molecular flexibility index (Phi) is 6.77. The molecule has 0 aliphatic rings. The first kappa shape index (κ1) is 22.5. The van der Waals surface area contributed by atoms with Crippen molar-refractivity contribution in [1.29, 1.82) is 0 Å². The van der Waals surface area contributed by atoms with Gasteiger partial charge in [-0.2, -0.15) is 9.78 Å². The van der Waals surface area contributed by atoms with Gasteiger partial charge in [0.25, 0.3) is 17.9 Å². The summed E-state index contributed by atoms with van der Waals surface area (Å²) >= 11 is 5.90. The molecule has 1 amide bonds. The van der Waals surface area contributed by atoms with E-state index < -0.39 is 35.9 Å². The van der Waals surface area contributed by atoms with E-state index in [9.17, 15) is 22.8 Å². The standard InChI is InChI=1S/C21H17ClF3N3O3/c1-11-3-2-4-14(9-11)28-21(31)15(20(30)26-19(25)17(29)18(23)24)10-16(27-28)12-5-7-13(22)8-6-12/h2-10,17-19,29H,1H3,(H,26,30)/t17-,19?/m0/s1. The summed E-state index contributed by atoms with van der Waals surface area (Å²) in [6.45, 7) is 1.80. The number of nitrogens with one attached hydrogen (secondary N) is 1. The number of aliphatic hydroxyl groups excluding tert-OH is 1. The van der Waals surface area contributed by atoms with Crippen molar-refractivity contribution in [1.82, 2.24) is 15.1 Å². The van der Waals surface area contributed by atoms with E-state index in [1.54, 1.807) is 60.8 Å². The third kappa shape index (κ3) is 5.12. The summed E-state index contributed by atoms with van der Waals surface area (Å²) in [5, 5.41) is 15.5. The number of rotatable bonds is 6. The van der Waals surface area contributed by atoms with Gasteiger partial charge in [0.1, 0.15) is 5.56 Å². The van der Waals surface area contributed by atoms with E-state index in [1.165, 1.54) is 0 Å². The fourth-order valence-corrected chi connectivity index (χ4v) is 2.90. The molecule has 2 N–H and O–H groups in total. The van der Waals surface area contributed by atoms with E-state index in [1.807, 2.05) is 0 Å². The van der Waals surface area contributed by atoms with Gasteiger partial charge in [-0.3, -0.25) is 9.59 Å². The number of aliphatic hydroxyl groups is 1. The lowest BCUT2D eigenvalue weighted by molar-refractivity contribution is -0.0551. The second-order valence-electron chi connectivity index (χ2n) is 6.71. The Morgan fingerprint density at radius 2 is 1.81 bits per heavy atom. The molecule has 6 nitrogen and oxygen atoms in total. The van der Waals surface area contributed by atoms with Crippen LogP contribution in [0.1, 0.15) is 15.9 Å². The molecule has 10 heteroatoms. The quantitative estimate of drug-likeness (QED) is 0.562. The van der Waals surface area contributed by atoms with Gasteiger partial charge in [-0.15, -0.1) is 0 Å². The van der Waals surface area contributed by atoms with Gasteiger partial charge in [-0.25, -0.2) is 13.2 Å². The van der Waals surface area contributed by atoms with E-state index in [2.05, 4.69) is 5.10 Å². The molecular weight excluding hydrogens is 435 g/mol. The number of alkyl halides is 3. The molecule has 2 atom stereocenters. The molecule has 0 radical (unpaired) electrons. The zero-order valence-corrected chi connectivity index (χ0v) is 16.9. The molecular formula is C21H17ClF3N3O3. The number of aromatic nitrogens is 2. The van der Waals surface area contributed by atoms with E-state index in [-0.39, 0.29) is 5.69 Å². The second kappa shape index (κ2) is 9.32. The number of carbonyl (C=O) groups is 1. The van der Waals surface area contributed by atoms with Gasteiger partial charge >= 0.3 is 0 Å². The molecule has 0 bridgehead atoms. The Labute approximate surface area is 179 Å². The molecule has 0 spiro atoms. The number of benzene rings is 2. The maximum atomic E-state index is 13.9. The van der Waals surface area contributed by atoms with Crippen LogP contribution in [0.15, 0.2) is 59.4 Å². The summed E-state index contributed by atoms with van der Waals surface area (Å²) in [6.07, 6.45) is -8.92. The number of carbonyl (C=O) groups excluding carboxylic acids is 1. The minimum atomic E-state index is -3.42. The summed E-state index contributed by atoms with van der Waals surface area (Å²) in [5.74, 6) is -1.27. The lowest BCUT2D eigenvalue weighted by Gasteiger charge is -2.17. The van der Waals surface area contributed by atoms with Crippen molar-refractivity contribution in [3.8, 4) is 16.9 Å². The molecule has 0 aliphatic heterocycles. The molecule has 0 saturated carbocycles. The first-order valence-electron chi connectivity index (χ1n) is 9.06. The maximum Gasteiger partial charge on any atom is 0.284 e. The molecule has 0 fully saturated rings. The first-order chi connectivity index (χ1) is 14.7. The molecule has 1 aromatic heterocycles. The van der Waals surface area contributed by atoms with Crippen molar-refractivity contribution in [2.24, 2.45) is 0 Å². The molecule has 3 aromatic rings. The third-order valence-electron chi connectivity index (χ3n) is 4.37. The van der Waals surface area contributed by atoms with Crippen LogP contribution in [-0.4, -0.2) is 39.6 Å². The highest BCUT2D eigenvalue weighted by Gasteiger charge is 2.30. The minimum Gasteiger partial charge on any atom is -0.382 e. The highest BCUT2D eigenvalue weighted by atomic mass is 35.5. The molecule has 1 heterocycles. The topological polar surface area (TPSA) is 84.2 Å². The van der Waals surface area contributed by atoms with E-state index >= 15 is 0 Å². The van der Waals surface area contributed by atoms with Crippen LogP contribution in [0.3, 0.4) is 0 Å². The van der Waals surface area contributed by atoms with E-state index in [0.717, 1.165) is 16.3 Å². The van der Waals surface area contributed by atoms with Crippen LogP contribution >= 0.6 is 11.6 Å². The van der Waals surface area contributed by atoms with Crippen LogP contribution in [0.2, 0.25) is 5.02 Å². The van der Waals surface area contributed by atoms with Gasteiger partial charge in [0, 0.05) is 10.6 Å². The molecule has 0 saturated heterocycles. The lowest BCUT2D eigenvalue weighted by Crippen LogP contribution is -2.45. The van der Waals surface area contributed by atoms with Crippen LogP contribution in [0, 0.1) is 6.92 Å². The molecule has 2 aromatic carbocycles. The van der Waals surface area contributed by atoms with Gasteiger partial charge < -0.3 is 10.4 Å². The Morgan fingerprint density at radius 1 is 1.13 bits per heavy atom. The van der Waals surface area contributed by atoms with Crippen LogP contribution in [0.4, 0.5) is 13.2 Å². The third-order valence-corrected chi connectivity index (χ3v) is 4.62. The van der Waals surface area contributed by atoms with Gasteiger partial charge in [-0.05, 0) is 42.8 Å². The van der Waals surface area contributed by atoms with Crippen LogP contribution in [0.25, 0.3) is 16.9 Å². The Bertz CT molecular complexity index is 1150. The van der Waals surface area contributed by atoms with E-state index in [0.29, 0.717) is 16.3 Å². The largest absolute Gasteiger partial charge is 0.382 e. The molecule has 0 aliphatic carbocycles.